The Kier molecular flexibility index (Phi) is 8.20. The van der Waals surface area contributed by atoms with Crippen LogP contribution in [-0.2, 0) is 20.8 Å². The number of primary amides is 1. The number of carbonyl (C=O) groups excluding carboxylic acids is 1. The lowest BCUT2D eigenvalue weighted by molar-refractivity contribution is -0.138. The number of ether oxygens (including phenoxy) is 1. The van der Waals surface area contributed by atoms with Gasteiger partial charge in [-0.1, -0.05) is 54.1 Å². The minimum Gasteiger partial charge on any atom is -0.444 e. The van der Waals surface area contributed by atoms with Gasteiger partial charge in [-0.25, -0.2) is 13.4 Å². The van der Waals surface area contributed by atoms with Crippen LogP contribution in [0.5, 0.6) is 10.8 Å². The van der Waals surface area contributed by atoms with E-state index in [0.717, 1.165) is 23.5 Å². The van der Waals surface area contributed by atoms with Crippen molar-refractivity contribution in [3.05, 3.63) is 93.5 Å². The number of nitrogens with two attached hydrogens (primary N) is 1. The first kappa shape index (κ1) is 29.1. The van der Waals surface area contributed by atoms with Crippen molar-refractivity contribution in [2.75, 3.05) is 5.75 Å². The summed E-state index contributed by atoms with van der Waals surface area (Å²) in [6.45, 7) is 1.50. The summed E-state index contributed by atoms with van der Waals surface area (Å²) in [4.78, 5) is 17.2. The molecule has 40 heavy (non-hydrogen) atoms. The number of carbonyl (C=O) groups is 1. The molecule has 3 aromatic carbocycles. The van der Waals surface area contributed by atoms with Crippen molar-refractivity contribution in [1.29, 1.82) is 5.26 Å². The molecule has 1 amide bonds. The Bertz CT molecular complexity index is 1730. The lowest BCUT2D eigenvalue weighted by Gasteiger charge is -2.14. The number of benzene rings is 3. The predicted molar refractivity (Wildman–Crippen MR) is 144 cm³/mol. The van der Waals surface area contributed by atoms with Gasteiger partial charge in [0.25, 0.3) is 0 Å². The van der Waals surface area contributed by atoms with E-state index in [-0.39, 0.29) is 37.0 Å². The van der Waals surface area contributed by atoms with Crippen LogP contribution < -0.4 is 10.5 Å². The molecule has 0 radical (unpaired) electrons. The summed E-state index contributed by atoms with van der Waals surface area (Å²) in [5.74, 6) is -2.67. The number of rotatable bonds is 8. The van der Waals surface area contributed by atoms with Crippen molar-refractivity contribution in [2.24, 2.45) is 5.73 Å². The molecule has 0 aliphatic carbocycles. The zero-order valence-corrected chi connectivity index (χ0v) is 23.0. The number of amides is 1. The molecule has 2 N–H and O–H groups in total. The van der Waals surface area contributed by atoms with Gasteiger partial charge in [-0.3, -0.25) is 4.79 Å². The van der Waals surface area contributed by atoms with Gasteiger partial charge >= 0.3 is 6.18 Å². The van der Waals surface area contributed by atoms with Crippen LogP contribution in [0.15, 0.2) is 71.6 Å². The summed E-state index contributed by atoms with van der Waals surface area (Å²) < 4.78 is 71.4. The van der Waals surface area contributed by atoms with Crippen LogP contribution in [0.1, 0.15) is 34.5 Å². The molecule has 0 fully saturated rings. The number of alkyl halides is 3. The van der Waals surface area contributed by atoms with Crippen LogP contribution in [0.2, 0.25) is 5.02 Å². The molecule has 0 saturated carbocycles. The number of nitriles is 1. The molecular weight excluding hydrogens is 587 g/mol. The maximum absolute atomic E-state index is 13.8. The maximum atomic E-state index is 13.8. The highest BCUT2D eigenvalue weighted by atomic mass is 35.5. The third-order valence-electron chi connectivity index (χ3n) is 5.81. The molecule has 206 valence electrons. The molecule has 1 aromatic heterocycles. The minimum atomic E-state index is -4.79. The third kappa shape index (κ3) is 6.12. The fourth-order valence-electron chi connectivity index (χ4n) is 3.81. The number of halogens is 4. The topological polar surface area (TPSA) is 123 Å². The summed E-state index contributed by atoms with van der Waals surface area (Å²) >= 11 is 6.59. The van der Waals surface area contributed by atoms with Gasteiger partial charge in [0.1, 0.15) is 22.4 Å². The normalized spacial score (nSPS) is 12.5. The van der Waals surface area contributed by atoms with Crippen LogP contribution in [-0.4, -0.2) is 25.1 Å². The number of nitrogens with zero attached hydrogens (tertiary/aromatic N) is 2. The summed E-state index contributed by atoms with van der Waals surface area (Å²) in [5, 5.41) is 9.20. The lowest BCUT2D eigenvalue weighted by atomic mass is 9.99. The van der Waals surface area contributed by atoms with E-state index in [9.17, 15) is 31.6 Å². The number of hydrogen-bond donors (Lipinski definition) is 1. The van der Waals surface area contributed by atoms with E-state index in [1.165, 1.54) is 49.4 Å². The largest absolute Gasteiger partial charge is 0.444 e. The third-order valence-corrected chi connectivity index (χ3v) is 8.80. The zero-order chi connectivity index (χ0) is 29.2. The van der Waals surface area contributed by atoms with Gasteiger partial charge in [-0.15, -0.1) is 0 Å². The van der Waals surface area contributed by atoms with Crippen LogP contribution >= 0.6 is 22.9 Å². The molecule has 0 bridgehead atoms. The second-order valence-electron chi connectivity index (χ2n) is 8.43. The maximum Gasteiger partial charge on any atom is 0.420 e. The molecule has 0 spiro atoms. The lowest BCUT2D eigenvalue weighted by Crippen LogP contribution is -2.22. The van der Waals surface area contributed by atoms with E-state index < -0.39 is 39.2 Å². The number of hydrogen-bond acceptors (Lipinski definition) is 7. The first-order valence-electron chi connectivity index (χ1n) is 11.5. The van der Waals surface area contributed by atoms with Gasteiger partial charge in [-0.2, -0.15) is 18.4 Å². The predicted octanol–water partition coefficient (Wildman–Crippen LogP) is 6.56. The van der Waals surface area contributed by atoms with E-state index in [1.807, 2.05) is 6.07 Å². The van der Waals surface area contributed by atoms with Gasteiger partial charge in [-0.05, 0) is 48.0 Å². The second-order valence-corrected chi connectivity index (χ2v) is 12.1. The Balaban J connectivity index is 1.87. The number of sulfone groups is 1. The molecule has 1 unspecified atom stereocenters. The Morgan fingerprint density at radius 2 is 1.85 bits per heavy atom. The van der Waals surface area contributed by atoms with E-state index in [0.29, 0.717) is 11.1 Å². The summed E-state index contributed by atoms with van der Waals surface area (Å²) in [7, 11) is -3.50. The Morgan fingerprint density at radius 3 is 2.45 bits per heavy atom. The molecule has 0 aliphatic heterocycles. The van der Waals surface area contributed by atoms with Crippen molar-refractivity contribution < 1.29 is 31.1 Å². The van der Waals surface area contributed by atoms with Gasteiger partial charge in [0, 0.05) is 10.6 Å². The van der Waals surface area contributed by atoms with Gasteiger partial charge in [0.05, 0.1) is 27.8 Å². The van der Waals surface area contributed by atoms with Crippen molar-refractivity contribution in [3.8, 4) is 28.1 Å². The summed E-state index contributed by atoms with van der Waals surface area (Å²) in [6.07, 6.45) is -4.79. The van der Waals surface area contributed by atoms with E-state index in [1.54, 1.807) is 12.1 Å². The highest BCUT2D eigenvalue weighted by Crippen LogP contribution is 2.45. The first-order valence-corrected chi connectivity index (χ1v) is 14.4. The Morgan fingerprint density at radius 1 is 1.15 bits per heavy atom. The number of aromatic nitrogens is 1. The van der Waals surface area contributed by atoms with Gasteiger partial charge < -0.3 is 10.5 Å². The minimum absolute atomic E-state index is 0.0570. The van der Waals surface area contributed by atoms with Crippen LogP contribution in [0.3, 0.4) is 0 Å². The quantitative estimate of drug-likeness (QED) is 0.243. The smallest absolute Gasteiger partial charge is 0.420 e. The Hall–Kier alpha value is -3.92. The van der Waals surface area contributed by atoms with Gasteiger partial charge in [0.15, 0.2) is 9.84 Å². The van der Waals surface area contributed by atoms with Crippen LogP contribution in [0.4, 0.5) is 13.2 Å². The van der Waals surface area contributed by atoms with E-state index >= 15 is 0 Å². The Labute approximate surface area is 236 Å². The standard InChI is InChI=1S/C27H19ClF3N3O4S2/c1-2-40(36,37)19-9-6-16(7-10-19)22(24(33)35)25-34-23(17-5-3-4-15(12-17)14-32)26(39-25)38-21-11-8-18(28)13-20(21)27(29,30)31/h3-13,22H,2H2,1H3,(H2,33,35). The van der Waals surface area contributed by atoms with E-state index in [2.05, 4.69) is 4.98 Å². The van der Waals surface area contributed by atoms with Crippen molar-refractivity contribution in [1.82, 2.24) is 4.98 Å². The molecule has 4 rings (SSSR count). The fourth-order valence-corrected chi connectivity index (χ4v) is 5.95. The molecular formula is C27H19ClF3N3O4S2. The average Bonchev–Trinajstić information content (AvgIpc) is 3.32. The monoisotopic (exact) mass is 605 g/mol. The molecule has 13 heteroatoms. The van der Waals surface area contributed by atoms with E-state index in [4.69, 9.17) is 22.1 Å². The molecule has 7 nitrogen and oxygen atoms in total. The molecule has 0 saturated heterocycles. The second kappa shape index (κ2) is 11.3. The van der Waals surface area contributed by atoms with Crippen LogP contribution in [0.25, 0.3) is 11.3 Å². The van der Waals surface area contributed by atoms with Crippen molar-refractivity contribution in [3.63, 3.8) is 0 Å². The van der Waals surface area contributed by atoms with Gasteiger partial charge in [0.2, 0.25) is 11.0 Å². The zero-order valence-electron chi connectivity index (χ0n) is 20.6. The highest BCUT2D eigenvalue weighted by molar-refractivity contribution is 7.91. The summed E-state index contributed by atoms with van der Waals surface area (Å²) in [5.41, 5.74) is 5.61. The fraction of sp³-hybridized carbons (Fsp3) is 0.148. The van der Waals surface area contributed by atoms with Crippen molar-refractivity contribution in [2.45, 2.75) is 23.9 Å². The molecule has 4 aromatic rings. The summed E-state index contributed by atoms with van der Waals surface area (Å²) in [6, 6.07) is 16.7. The average molecular weight is 606 g/mol. The highest BCUT2D eigenvalue weighted by Gasteiger charge is 2.36. The molecule has 0 aliphatic rings. The number of thiazole rings is 1. The first-order chi connectivity index (χ1) is 18.8. The molecule has 1 atom stereocenters. The SMILES string of the molecule is CCS(=O)(=O)c1ccc(C(C(N)=O)c2nc(-c3cccc(C#N)c3)c(Oc3ccc(Cl)cc3C(F)(F)F)s2)cc1. The van der Waals surface area contributed by atoms with Crippen LogP contribution in [0, 0.1) is 11.3 Å². The van der Waals surface area contributed by atoms with Crippen molar-refractivity contribution >= 4 is 38.7 Å². The molecule has 1 heterocycles.